The summed E-state index contributed by atoms with van der Waals surface area (Å²) in [5.41, 5.74) is 5.31. The van der Waals surface area contributed by atoms with Crippen LogP contribution in [0.5, 0.6) is 0 Å². The van der Waals surface area contributed by atoms with Crippen molar-refractivity contribution < 1.29 is 18.4 Å². The van der Waals surface area contributed by atoms with Gasteiger partial charge in [-0.3, -0.25) is 9.59 Å². The van der Waals surface area contributed by atoms with E-state index in [4.69, 9.17) is 16.0 Å². The lowest BCUT2D eigenvalue weighted by molar-refractivity contribution is 0.0948. The maximum Gasteiger partial charge on any atom is 0.251 e. The molecule has 40 heavy (non-hydrogen) atoms. The fourth-order valence-corrected chi connectivity index (χ4v) is 4.99. The van der Waals surface area contributed by atoms with Crippen molar-refractivity contribution in [1.29, 1.82) is 0 Å². The van der Waals surface area contributed by atoms with Crippen molar-refractivity contribution in [2.75, 3.05) is 6.54 Å². The zero-order chi connectivity index (χ0) is 28.4. The molecule has 202 valence electrons. The van der Waals surface area contributed by atoms with Crippen LogP contribution >= 0.6 is 11.6 Å². The van der Waals surface area contributed by atoms with Crippen molar-refractivity contribution in [3.8, 4) is 33.6 Å². The highest BCUT2D eigenvalue weighted by molar-refractivity contribution is 6.33. The first-order chi connectivity index (χ1) is 19.3. The molecule has 0 aliphatic rings. The second-order valence-electron chi connectivity index (χ2n) is 10.1. The van der Waals surface area contributed by atoms with Gasteiger partial charge in [0.2, 0.25) is 0 Å². The molecule has 0 atom stereocenters. The molecule has 0 saturated heterocycles. The molecule has 0 aliphatic carbocycles. The summed E-state index contributed by atoms with van der Waals surface area (Å²) in [5, 5.41) is 4.26. The first-order valence-corrected chi connectivity index (χ1v) is 13.7. The summed E-state index contributed by atoms with van der Waals surface area (Å²) in [5.74, 6) is 0.0957. The van der Waals surface area contributed by atoms with Crippen LogP contribution in [0.4, 0.5) is 4.39 Å². The fraction of sp³-hybridized carbons (Fsp3) is 0.176. The Morgan fingerprint density at radius 3 is 2.25 bits per heavy atom. The predicted octanol–water partition coefficient (Wildman–Crippen LogP) is 9.20. The minimum absolute atomic E-state index is 0.0713. The number of halogens is 2. The Hall–Kier alpha value is -4.22. The Kier molecular flexibility index (Phi) is 7.85. The summed E-state index contributed by atoms with van der Waals surface area (Å²) in [7, 11) is 0. The molecule has 0 aliphatic heterocycles. The van der Waals surface area contributed by atoms with Crippen LogP contribution in [-0.4, -0.2) is 18.2 Å². The van der Waals surface area contributed by atoms with Gasteiger partial charge < -0.3 is 9.73 Å². The topological polar surface area (TPSA) is 59.3 Å². The van der Waals surface area contributed by atoms with Gasteiger partial charge in [0.05, 0.1) is 5.56 Å². The van der Waals surface area contributed by atoms with E-state index < -0.39 is 0 Å². The molecule has 0 unspecified atom stereocenters. The summed E-state index contributed by atoms with van der Waals surface area (Å²) >= 11 is 6.51. The maximum atomic E-state index is 13.6. The van der Waals surface area contributed by atoms with Crippen LogP contribution in [-0.2, 0) is 0 Å². The average Bonchev–Trinajstić information content (AvgIpc) is 3.34. The first kappa shape index (κ1) is 27.4. The molecule has 0 spiro atoms. The highest BCUT2D eigenvalue weighted by Crippen LogP contribution is 2.38. The second kappa shape index (κ2) is 11.5. The molecule has 0 bridgehead atoms. The number of fused-ring (bicyclic) bond motifs is 1. The smallest absolute Gasteiger partial charge is 0.251 e. The van der Waals surface area contributed by atoms with Gasteiger partial charge in [-0.2, -0.15) is 0 Å². The molecule has 1 heterocycles. The van der Waals surface area contributed by atoms with E-state index in [1.165, 1.54) is 12.1 Å². The monoisotopic (exact) mass is 553 g/mol. The van der Waals surface area contributed by atoms with Gasteiger partial charge in [-0.25, -0.2) is 4.39 Å². The number of carbonyl (C=O) groups is 2. The first-order valence-electron chi connectivity index (χ1n) is 13.3. The molecule has 5 rings (SSSR count). The van der Waals surface area contributed by atoms with E-state index in [0.717, 1.165) is 22.3 Å². The Morgan fingerprint density at radius 1 is 0.875 bits per heavy atom. The lowest BCUT2D eigenvalue weighted by Crippen LogP contribution is -2.27. The number of amides is 1. The number of hydrogen-bond acceptors (Lipinski definition) is 3. The van der Waals surface area contributed by atoms with Gasteiger partial charge >= 0.3 is 0 Å². The molecule has 4 aromatic carbocycles. The second-order valence-corrected chi connectivity index (χ2v) is 10.6. The van der Waals surface area contributed by atoms with E-state index in [1.807, 2.05) is 68.4 Å². The van der Waals surface area contributed by atoms with Crippen LogP contribution < -0.4 is 5.32 Å². The van der Waals surface area contributed by atoms with E-state index in [0.29, 0.717) is 57.3 Å². The Balaban J connectivity index is 1.65. The molecular weight excluding hydrogens is 525 g/mol. The van der Waals surface area contributed by atoms with E-state index in [1.54, 1.807) is 25.1 Å². The standard InChI is InChI=1S/C34H29ClFNO3/c1-4-30(38)32-28-18-23(12-16-31(28)40-33(32)21-9-13-24(36)14-10-21)22-11-15-25(26-7-5-6-8-29(26)35)27(17-22)34(39)37-19-20(2)3/h5-18,20H,4,19H2,1-3H3,(H,37,39). The van der Waals surface area contributed by atoms with Crippen LogP contribution in [0.1, 0.15) is 47.9 Å². The van der Waals surface area contributed by atoms with Crippen LogP contribution in [0.2, 0.25) is 5.02 Å². The van der Waals surface area contributed by atoms with Crippen molar-refractivity contribution in [3.63, 3.8) is 0 Å². The van der Waals surface area contributed by atoms with Gasteiger partial charge in [0.1, 0.15) is 17.2 Å². The minimum atomic E-state index is -0.362. The van der Waals surface area contributed by atoms with E-state index in [9.17, 15) is 14.0 Å². The molecular formula is C34H29ClFNO3. The minimum Gasteiger partial charge on any atom is -0.455 e. The average molecular weight is 554 g/mol. The Labute approximate surface area is 237 Å². The van der Waals surface area contributed by atoms with Crippen LogP contribution in [0.15, 0.2) is 89.3 Å². The molecule has 1 aromatic heterocycles. The van der Waals surface area contributed by atoms with Crippen molar-refractivity contribution in [2.45, 2.75) is 27.2 Å². The maximum absolute atomic E-state index is 13.6. The van der Waals surface area contributed by atoms with Crippen molar-refractivity contribution in [2.24, 2.45) is 5.92 Å². The number of Topliss-reactive ketones (excluding diaryl/α,β-unsaturated/α-hetero) is 1. The van der Waals surface area contributed by atoms with Crippen LogP contribution in [0, 0.1) is 11.7 Å². The normalized spacial score (nSPS) is 11.2. The number of carbonyl (C=O) groups excluding carboxylic acids is 2. The van der Waals surface area contributed by atoms with E-state index in [2.05, 4.69) is 5.32 Å². The highest BCUT2D eigenvalue weighted by atomic mass is 35.5. The molecule has 1 amide bonds. The van der Waals surface area contributed by atoms with Crippen molar-refractivity contribution in [1.82, 2.24) is 5.32 Å². The quantitative estimate of drug-likeness (QED) is 0.195. The summed E-state index contributed by atoms with van der Waals surface area (Å²) in [4.78, 5) is 26.5. The van der Waals surface area contributed by atoms with Gasteiger partial charge in [0, 0.05) is 40.1 Å². The van der Waals surface area contributed by atoms with Gasteiger partial charge in [-0.15, -0.1) is 0 Å². The summed E-state index contributed by atoms with van der Waals surface area (Å²) in [6.45, 7) is 6.43. The molecule has 0 radical (unpaired) electrons. The fourth-order valence-electron chi connectivity index (χ4n) is 4.75. The molecule has 6 heteroatoms. The summed E-state index contributed by atoms with van der Waals surface area (Å²) < 4.78 is 19.7. The van der Waals surface area contributed by atoms with Crippen molar-refractivity contribution >= 4 is 34.3 Å². The molecule has 1 N–H and O–H groups in total. The lowest BCUT2D eigenvalue weighted by atomic mass is 9.93. The largest absolute Gasteiger partial charge is 0.455 e. The number of rotatable bonds is 8. The lowest BCUT2D eigenvalue weighted by Gasteiger charge is -2.15. The molecule has 0 fully saturated rings. The third-order valence-corrected chi connectivity index (χ3v) is 7.16. The van der Waals surface area contributed by atoms with Gasteiger partial charge in [0.25, 0.3) is 5.91 Å². The third-order valence-electron chi connectivity index (χ3n) is 6.83. The zero-order valence-corrected chi connectivity index (χ0v) is 23.3. The number of furan rings is 1. The number of hydrogen-bond donors (Lipinski definition) is 1. The third kappa shape index (κ3) is 5.43. The summed E-state index contributed by atoms with van der Waals surface area (Å²) in [6.07, 6.45) is 0.291. The number of benzene rings is 4. The zero-order valence-electron chi connectivity index (χ0n) is 22.6. The Morgan fingerprint density at radius 2 is 1.55 bits per heavy atom. The summed E-state index contributed by atoms with van der Waals surface area (Å²) in [6, 6.07) is 24.7. The van der Waals surface area contributed by atoms with E-state index >= 15 is 0 Å². The highest BCUT2D eigenvalue weighted by Gasteiger charge is 2.22. The Bertz CT molecular complexity index is 1720. The van der Waals surface area contributed by atoms with E-state index in [-0.39, 0.29) is 17.5 Å². The van der Waals surface area contributed by atoms with Gasteiger partial charge in [0.15, 0.2) is 5.78 Å². The predicted molar refractivity (Wildman–Crippen MR) is 159 cm³/mol. The molecule has 4 nitrogen and oxygen atoms in total. The van der Waals surface area contributed by atoms with Gasteiger partial charge in [-0.1, -0.05) is 68.8 Å². The van der Waals surface area contributed by atoms with Crippen molar-refractivity contribution in [3.05, 3.63) is 107 Å². The number of ketones is 1. The van der Waals surface area contributed by atoms with Crippen LogP contribution in [0.3, 0.4) is 0 Å². The van der Waals surface area contributed by atoms with Gasteiger partial charge in [-0.05, 0) is 71.1 Å². The SMILES string of the molecule is CCC(=O)c1c(-c2ccc(F)cc2)oc2ccc(-c3ccc(-c4ccccc4Cl)c(C(=O)NCC(C)C)c3)cc12. The number of nitrogens with one attached hydrogen (secondary N) is 1. The molecule has 5 aromatic rings. The molecule has 0 saturated carbocycles. The van der Waals surface area contributed by atoms with Crippen LogP contribution in [0.25, 0.3) is 44.5 Å².